The van der Waals surface area contributed by atoms with E-state index >= 15 is 0 Å². The zero-order valence-corrected chi connectivity index (χ0v) is 23.7. The quantitative estimate of drug-likeness (QED) is 0.211. The summed E-state index contributed by atoms with van der Waals surface area (Å²) in [4.78, 5) is 28.8. The van der Waals surface area contributed by atoms with Crippen molar-refractivity contribution in [3.05, 3.63) is 101 Å². The molecule has 3 aliphatic rings. The summed E-state index contributed by atoms with van der Waals surface area (Å²) in [5, 5.41) is 23.9. The van der Waals surface area contributed by atoms with E-state index in [0.717, 1.165) is 40.9 Å². The number of aromatic hydroxyl groups is 1. The van der Waals surface area contributed by atoms with Crippen molar-refractivity contribution in [2.45, 2.75) is 38.7 Å². The first kappa shape index (κ1) is 27.9. The second-order valence-electron chi connectivity index (χ2n) is 11.3. The van der Waals surface area contributed by atoms with E-state index in [4.69, 9.17) is 4.74 Å². The van der Waals surface area contributed by atoms with Gasteiger partial charge in [-0.3, -0.25) is 14.5 Å². The van der Waals surface area contributed by atoms with Crippen molar-refractivity contribution >= 4 is 35.0 Å². The SMILES string of the molecule is CC/C(=C\c1ccccc1O)CC[C@H]1OC[C@H]2C1=C(CO)C[C@H]1C(=O)N(c3ccc(Nc4ccccc4)cc3)C(=O)[C@H]12. The number of para-hydroxylation sites is 2. The number of anilines is 3. The van der Waals surface area contributed by atoms with Crippen molar-refractivity contribution in [2.24, 2.45) is 17.8 Å². The Kier molecular flexibility index (Phi) is 7.96. The summed E-state index contributed by atoms with van der Waals surface area (Å²) in [6.07, 6.45) is 4.50. The second-order valence-corrected chi connectivity index (χ2v) is 11.3. The van der Waals surface area contributed by atoms with Gasteiger partial charge in [-0.1, -0.05) is 55.0 Å². The van der Waals surface area contributed by atoms with Crippen LogP contribution in [0.1, 0.15) is 38.2 Å². The maximum absolute atomic E-state index is 13.8. The van der Waals surface area contributed by atoms with Gasteiger partial charge in [0.1, 0.15) is 5.75 Å². The molecule has 7 nitrogen and oxygen atoms in total. The van der Waals surface area contributed by atoms with Crippen molar-refractivity contribution < 1.29 is 24.5 Å². The molecule has 216 valence electrons. The highest BCUT2D eigenvalue weighted by molar-refractivity contribution is 6.22. The molecular formula is C35H36N2O5. The number of carbonyl (C=O) groups is 2. The largest absolute Gasteiger partial charge is 0.507 e. The fraction of sp³-hybridized carbons (Fsp3) is 0.314. The molecule has 3 aromatic rings. The maximum Gasteiger partial charge on any atom is 0.238 e. The van der Waals surface area contributed by atoms with Crippen LogP contribution in [0.2, 0.25) is 0 Å². The smallest absolute Gasteiger partial charge is 0.238 e. The lowest BCUT2D eigenvalue weighted by Gasteiger charge is -2.31. The molecule has 1 aliphatic carbocycles. The fourth-order valence-electron chi connectivity index (χ4n) is 6.75. The molecule has 2 amide bonds. The standard InChI is InChI=1S/C35H36N2O5/c1-2-22(18-23-8-6-7-11-30(23)39)12-17-31-32-24(20-38)19-28-33(29(32)21-42-31)35(41)37(34(28)40)27-15-13-26(14-16-27)36-25-9-4-3-5-10-25/h3-11,13-16,18,28-29,31,33,36,38-39H,2,12,17,19-21H2,1H3/b22-18+/t28-,29+,31-,33-/m1/s1. The average Bonchev–Trinajstić information content (AvgIpc) is 3.54. The summed E-state index contributed by atoms with van der Waals surface area (Å²) in [6.45, 7) is 2.31. The second kappa shape index (κ2) is 12.0. The van der Waals surface area contributed by atoms with Gasteiger partial charge in [-0.2, -0.15) is 0 Å². The fourth-order valence-corrected chi connectivity index (χ4v) is 6.75. The molecule has 4 atom stereocenters. The van der Waals surface area contributed by atoms with E-state index in [1.54, 1.807) is 24.3 Å². The van der Waals surface area contributed by atoms with Gasteiger partial charge < -0.3 is 20.3 Å². The minimum absolute atomic E-state index is 0.148. The average molecular weight is 565 g/mol. The normalized spacial score (nSPS) is 23.8. The van der Waals surface area contributed by atoms with Crippen LogP contribution in [0.5, 0.6) is 5.75 Å². The number of ether oxygens (including phenoxy) is 1. The number of phenols is 1. The van der Waals surface area contributed by atoms with Crippen molar-refractivity contribution in [1.82, 2.24) is 0 Å². The third-order valence-corrected chi connectivity index (χ3v) is 8.86. The van der Waals surface area contributed by atoms with E-state index in [-0.39, 0.29) is 36.2 Å². The van der Waals surface area contributed by atoms with Crippen LogP contribution in [0.3, 0.4) is 0 Å². The highest BCUT2D eigenvalue weighted by Crippen LogP contribution is 2.50. The van der Waals surface area contributed by atoms with Gasteiger partial charge in [-0.25, -0.2) is 0 Å². The topological polar surface area (TPSA) is 99.1 Å². The molecule has 3 aromatic carbocycles. The number of carbonyl (C=O) groups excluding carboxylic acids is 2. The van der Waals surface area contributed by atoms with Crippen molar-refractivity contribution in [1.29, 1.82) is 0 Å². The van der Waals surface area contributed by atoms with Crippen molar-refractivity contribution in [3.63, 3.8) is 0 Å². The number of rotatable bonds is 9. The number of nitrogens with zero attached hydrogens (tertiary/aromatic N) is 1. The van der Waals surface area contributed by atoms with E-state index in [2.05, 4.69) is 12.2 Å². The Bertz CT molecular complexity index is 1530. The summed E-state index contributed by atoms with van der Waals surface area (Å²) >= 11 is 0. The van der Waals surface area contributed by atoms with E-state index in [9.17, 15) is 19.8 Å². The number of aliphatic hydroxyl groups is 1. The molecule has 0 unspecified atom stereocenters. The number of fused-ring (bicyclic) bond motifs is 3. The Morgan fingerprint density at radius 3 is 2.38 bits per heavy atom. The van der Waals surface area contributed by atoms with E-state index in [0.29, 0.717) is 25.1 Å². The minimum atomic E-state index is -0.495. The number of aliphatic hydroxyl groups excluding tert-OH is 1. The summed E-state index contributed by atoms with van der Waals surface area (Å²) in [6, 6.07) is 24.4. The van der Waals surface area contributed by atoms with Crippen LogP contribution in [0.4, 0.5) is 17.1 Å². The third kappa shape index (κ3) is 5.26. The number of imide groups is 1. The Hall–Kier alpha value is -4.20. The van der Waals surface area contributed by atoms with Gasteiger partial charge in [0.05, 0.1) is 36.8 Å². The van der Waals surface area contributed by atoms with Crippen LogP contribution in [-0.2, 0) is 14.3 Å². The zero-order valence-electron chi connectivity index (χ0n) is 23.7. The molecule has 0 spiro atoms. The Morgan fingerprint density at radius 2 is 1.67 bits per heavy atom. The highest BCUT2D eigenvalue weighted by atomic mass is 16.5. The number of phenolic OH excluding ortho intramolecular Hbond substituents is 1. The summed E-state index contributed by atoms with van der Waals surface area (Å²) < 4.78 is 6.27. The van der Waals surface area contributed by atoms with Gasteiger partial charge in [0.25, 0.3) is 0 Å². The Balaban J connectivity index is 1.18. The first-order chi connectivity index (χ1) is 20.5. The number of allylic oxidation sites excluding steroid dienone is 1. The monoisotopic (exact) mass is 564 g/mol. The van der Waals surface area contributed by atoms with Crippen LogP contribution in [0.25, 0.3) is 6.08 Å². The third-order valence-electron chi connectivity index (χ3n) is 8.86. The molecule has 7 heteroatoms. The molecule has 0 saturated carbocycles. The summed E-state index contributed by atoms with van der Waals surface area (Å²) in [5.41, 5.74) is 6.18. The molecular weight excluding hydrogens is 528 g/mol. The number of hydrogen-bond donors (Lipinski definition) is 3. The molecule has 3 N–H and O–H groups in total. The number of benzene rings is 3. The van der Waals surface area contributed by atoms with E-state index < -0.39 is 11.8 Å². The van der Waals surface area contributed by atoms with Crippen LogP contribution in [-0.4, -0.2) is 41.3 Å². The number of hydrogen-bond acceptors (Lipinski definition) is 6. The van der Waals surface area contributed by atoms with Crippen LogP contribution in [0.15, 0.2) is 95.6 Å². The Labute approximate surface area is 246 Å². The first-order valence-electron chi connectivity index (χ1n) is 14.7. The Morgan fingerprint density at radius 1 is 0.952 bits per heavy atom. The molecule has 42 heavy (non-hydrogen) atoms. The molecule has 2 aliphatic heterocycles. The molecule has 0 radical (unpaired) electrons. The molecule has 0 bridgehead atoms. The van der Waals surface area contributed by atoms with Gasteiger partial charge >= 0.3 is 0 Å². The first-order valence-corrected chi connectivity index (χ1v) is 14.7. The predicted molar refractivity (Wildman–Crippen MR) is 163 cm³/mol. The molecule has 2 fully saturated rings. The van der Waals surface area contributed by atoms with Crippen LogP contribution < -0.4 is 10.2 Å². The van der Waals surface area contributed by atoms with Crippen LogP contribution >= 0.6 is 0 Å². The summed E-state index contributed by atoms with van der Waals surface area (Å²) in [5.74, 6) is -1.35. The lowest BCUT2D eigenvalue weighted by Crippen LogP contribution is -2.35. The van der Waals surface area contributed by atoms with Gasteiger partial charge in [0, 0.05) is 22.9 Å². The number of nitrogens with one attached hydrogen (secondary N) is 1. The van der Waals surface area contributed by atoms with E-state index in [1.807, 2.05) is 60.7 Å². The van der Waals surface area contributed by atoms with Gasteiger partial charge in [0.2, 0.25) is 11.8 Å². The lowest BCUT2D eigenvalue weighted by atomic mass is 9.69. The summed E-state index contributed by atoms with van der Waals surface area (Å²) in [7, 11) is 0. The van der Waals surface area contributed by atoms with Crippen LogP contribution in [0, 0.1) is 17.8 Å². The maximum atomic E-state index is 13.8. The molecule has 2 saturated heterocycles. The number of amides is 2. The lowest BCUT2D eigenvalue weighted by molar-refractivity contribution is -0.122. The predicted octanol–water partition coefficient (Wildman–Crippen LogP) is 6.22. The van der Waals surface area contributed by atoms with Gasteiger partial charge in [0.15, 0.2) is 0 Å². The highest BCUT2D eigenvalue weighted by Gasteiger charge is 2.57. The van der Waals surface area contributed by atoms with E-state index in [1.165, 1.54) is 10.5 Å². The van der Waals surface area contributed by atoms with Gasteiger partial charge in [-0.15, -0.1) is 0 Å². The zero-order chi connectivity index (χ0) is 29.2. The van der Waals surface area contributed by atoms with Crippen molar-refractivity contribution in [3.8, 4) is 5.75 Å². The van der Waals surface area contributed by atoms with Crippen molar-refractivity contribution in [2.75, 3.05) is 23.4 Å². The molecule has 2 heterocycles. The van der Waals surface area contributed by atoms with Gasteiger partial charge in [-0.05, 0) is 79.3 Å². The minimum Gasteiger partial charge on any atom is -0.507 e. The molecule has 6 rings (SSSR count). The molecule has 0 aromatic heterocycles.